The van der Waals surface area contributed by atoms with Crippen LogP contribution < -0.4 is 10.6 Å². The van der Waals surface area contributed by atoms with E-state index in [9.17, 15) is 19.5 Å². The Morgan fingerprint density at radius 1 is 1.04 bits per heavy atom. The Hall–Kier alpha value is -2.37. The molecule has 26 heavy (non-hydrogen) atoms. The van der Waals surface area contributed by atoms with Gasteiger partial charge in [0.1, 0.15) is 6.04 Å². The van der Waals surface area contributed by atoms with Crippen molar-refractivity contribution in [1.29, 1.82) is 0 Å². The van der Waals surface area contributed by atoms with Gasteiger partial charge in [0.2, 0.25) is 5.91 Å². The number of hydrogen-bond acceptors (Lipinski definition) is 3. The summed E-state index contributed by atoms with van der Waals surface area (Å²) in [7, 11) is 0. The van der Waals surface area contributed by atoms with Crippen LogP contribution in [-0.4, -0.2) is 35.5 Å². The fraction of sp³-hybridized carbons (Fsp3) is 0.550. The minimum absolute atomic E-state index is 0.0456. The van der Waals surface area contributed by atoms with Crippen LogP contribution in [0.5, 0.6) is 0 Å². The third-order valence-electron chi connectivity index (χ3n) is 4.83. The molecule has 6 heteroatoms. The lowest BCUT2D eigenvalue weighted by molar-refractivity contribution is -0.142. The summed E-state index contributed by atoms with van der Waals surface area (Å²) in [6.45, 7) is 0.483. The first-order chi connectivity index (χ1) is 12.6. The first-order valence-electron chi connectivity index (χ1n) is 9.44. The molecule has 0 saturated heterocycles. The summed E-state index contributed by atoms with van der Waals surface area (Å²) in [5, 5.41) is 14.8. The van der Waals surface area contributed by atoms with E-state index < -0.39 is 12.0 Å². The van der Waals surface area contributed by atoms with Gasteiger partial charge in [-0.1, -0.05) is 37.5 Å². The molecule has 0 bridgehead atoms. The lowest BCUT2D eigenvalue weighted by Gasteiger charge is -2.23. The van der Waals surface area contributed by atoms with Gasteiger partial charge in [0.25, 0.3) is 5.91 Å². The van der Waals surface area contributed by atoms with E-state index in [4.69, 9.17) is 0 Å². The van der Waals surface area contributed by atoms with Crippen LogP contribution in [0.1, 0.15) is 61.7 Å². The first kappa shape index (κ1) is 19.9. The Labute approximate surface area is 154 Å². The molecular formula is C20H28N2O4. The smallest absolute Gasteiger partial charge is 0.326 e. The van der Waals surface area contributed by atoms with Crippen LogP contribution in [0, 0.1) is 5.92 Å². The van der Waals surface area contributed by atoms with Gasteiger partial charge in [-0.2, -0.15) is 0 Å². The zero-order valence-electron chi connectivity index (χ0n) is 15.1. The van der Waals surface area contributed by atoms with Gasteiger partial charge in [-0.05, 0) is 44.2 Å². The largest absolute Gasteiger partial charge is 0.480 e. The standard InChI is InChI=1S/C20H28N2O4/c23-18(15-9-3-1-4-10-15)21-14-8-7-13-17(20(25)26)22-19(24)16-11-5-2-6-12-16/h1,3-4,9-10,16-17H,2,5-8,11-14H2,(H,21,23)(H,22,24)(H,25,26)/t17-/m0/s1. The van der Waals surface area contributed by atoms with Gasteiger partial charge in [0.05, 0.1) is 0 Å². The van der Waals surface area contributed by atoms with Crippen molar-refractivity contribution < 1.29 is 19.5 Å². The van der Waals surface area contributed by atoms with Gasteiger partial charge < -0.3 is 15.7 Å². The van der Waals surface area contributed by atoms with Gasteiger partial charge in [0, 0.05) is 18.0 Å². The monoisotopic (exact) mass is 360 g/mol. The Bertz CT molecular complexity index is 597. The molecule has 1 aromatic carbocycles. The molecule has 2 rings (SSSR count). The maximum atomic E-state index is 12.2. The lowest BCUT2D eigenvalue weighted by Crippen LogP contribution is -2.44. The summed E-state index contributed by atoms with van der Waals surface area (Å²) in [6.07, 6.45) is 6.59. The zero-order valence-corrected chi connectivity index (χ0v) is 15.1. The normalized spacial score (nSPS) is 15.8. The second-order valence-corrected chi connectivity index (χ2v) is 6.85. The SMILES string of the molecule is O=C(NCCCC[C@H](NC(=O)C1CCCCC1)C(=O)O)c1ccccc1. The van der Waals surface area contributed by atoms with Crippen LogP contribution in [0.2, 0.25) is 0 Å². The van der Waals surface area contributed by atoms with E-state index in [1.807, 2.05) is 6.07 Å². The topological polar surface area (TPSA) is 95.5 Å². The molecule has 0 radical (unpaired) electrons. The van der Waals surface area contributed by atoms with Crippen molar-refractivity contribution in [3.05, 3.63) is 35.9 Å². The predicted octanol–water partition coefficient (Wildman–Crippen LogP) is 2.74. The number of amides is 2. The van der Waals surface area contributed by atoms with Crippen LogP contribution in [0.3, 0.4) is 0 Å². The van der Waals surface area contributed by atoms with Crippen molar-refractivity contribution >= 4 is 17.8 Å². The van der Waals surface area contributed by atoms with Crippen molar-refractivity contribution in [1.82, 2.24) is 10.6 Å². The molecular weight excluding hydrogens is 332 g/mol. The van der Waals surface area contributed by atoms with E-state index in [0.717, 1.165) is 32.1 Å². The second kappa shape index (κ2) is 10.6. The molecule has 142 valence electrons. The van der Waals surface area contributed by atoms with E-state index in [1.165, 1.54) is 0 Å². The van der Waals surface area contributed by atoms with Crippen molar-refractivity contribution in [2.75, 3.05) is 6.54 Å². The maximum Gasteiger partial charge on any atom is 0.326 e. The third kappa shape index (κ3) is 6.50. The highest BCUT2D eigenvalue weighted by Crippen LogP contribution is 2.23. The van der Waals surface area contributed by atoms with Crippen molar-refractivity contribution in [2.45, 2.75) is 57.4 Å². The highest BCUT2D eigenvalue weighted by atomic mass is 16.4. The average Bonchev–Trinajstić information content (AvgIpc) is 2.67. The maximum absolute atomic E-state index is 12.2. The Morgan fingerprint density at radius 3 is 2.38 bits per heavy atom. The van der Waals surface area contributed by atoms with Crippen LogP contribution >= 0.6 is 0 Å². The minimum Gasteiger partial charge on any atom is -0.480 e. The molecule has 0 spiro atoms. The van der Waals surface area contributed by atoms with Gasteiger partial charge in [-0.25, -0.2) is 4.79 Å². The fourth-order valence-corrected chi connectivity index (χ4v) is 3.28. The Kier molecular flexibility index (Phi) is 8.12. The number of hydrogen-bond donors (Lipinski definition) is 3. The molecule has 1 fully saturated rings. The number of unbranched alkanes of at least 4 members (excludes halogenated alkanes) is 1. The molecule has 1 aliphatic carbocycles. The number of carbonyl (C=O) groups is 3. The summed E-state index contributed by atoms with van der Waals surface area (Å²) >= 11 is 0. The van der Waals surface area contributed by atoms with Gasteiger partial charge in [-0.3, -0.25) is 9.59 Å². The van der Waals surface area contributed by atoms with E-state index in [1.54, 1.807) is 24.3 Å². The average molecular weight is 360 g/mol. The van der Waals surface area contributed by atoms with Crippen molar-refractivity contribution in [3.8, 4) is 0 Å². The molecule has 0 unspecified atom stereocenters. The summed E-state index contributed by atoms with van der Waals surface area (Å²) in [6, 6.07) is 8.11. The van der Waals surface area contributed by atoms with Crippen LogP contribution in [0.4, 0.5) is 0 Å². The molecule has 6 nitrogen and oxygen atoms in total. The molecule has 0 aromatic heterocycles. The van der Waals surface area contributed by atoms with Crippen LogP contribution in [-0.2, 0) is 9.59 Å². The van der Waals surface area contributed by atoms with E-state index >= 15 is 0 Å². The highest BCUT2D eigenvalue weighted by Gasteiger charge is 2.26. The van der Waals surface area contributed by atoms with E-state index in [2.05, 4.69) is 10.6 Å². The van der Waals surface area contributed by atoms with E-state index in [0.29, 0.717) is 31.4 Å². The number of rotatable bonds is 9. The minimum atomic E-state index is -0.998. The molecule has 1 atom stereocenters. The Morgan fingerprint density at radius 2 is 1.73 bits per heavy atom. The predicted molar refractivity (Wildman–Crippen MR) is 98.8 cm³/mol. The van der Waals surface area contributed by atoms with E-state index in [-0.39, 0.29) is 17.7 Å². The molecule has 3 N–H and O–H groups in total. The fourth-order valence-electron chi connectivity index (χ4n) is 3.28. The number of carbonyl (C=O) groups excluding carboxylic acids is 2. The summed E-state index contributed by atoms with van der Waals surface area (Å²) < 4.78 is 0. The van der Waals surface area contributed by atoms with Gasteiger partial charge in [-0.15, -0.1) is 0 Å². The molecule has 1 saturated carbocycles. The molecule has 0 heterocycles. The van der Waals surface area contributed by atoms with Crippen molar-refractivity contribution in [3.63, 3.8) is 0 Å². The summed E-state index contributed by atoms with van der Waals surface area (Å²) in [4.78, 5) is 35.5. The lowest BCUT2D eigenvalue weighted by atomic mass is 9.88. The number of aliphatic carboxylic acids is 1. The summed E-state index contributed by atoms with van der Waals surface area (Å²) in [5.74, 6) is -1.31. The highest BCUT2D eigenvalue weighted by molar-refractivity contribution is 5.94. The number of benzene rings is 1. The van der Waals surface area contributed by atoms with Crippen LogP contribution in [0.15, 0.2) is 30.3 Å². The molecule has 0 aliphatic heterocycles. The van der Waals surface area contributed by atoms with Gasteiger partial charge in [0.15, 0.2) is 0 Å². The number of carboxylic acid groups (broad SMARTS) is 1. The number of carboxylic acids is 1. The molecule has 1 aliphatic rings. The molecule has 2 amide bonds. The zero-order chi connectivity index (χ0) is 18.8. The molecule has 1 aromatic rings. The number of nitrogens with one attached hydrogen (secondary N) is 2. The Balaban J connectivity index is 1.67. The summed E-state index contributed by atoms with van der Waals surface area (Å²) in [5.41, 5.74) is 0.607. The quantitative estimate of drug-likeness (QED) is 0.590. The van der Waals surface area contributed by atoms with Crippen molar-refractivity contribution in [2.24, 2.45) is 5.92 Å². The second-order valence-electron chi connectivity index (χ2n) is 6.85. The first-order valence-corrected chi connectivity index (χ1v) is 9.44. The van der Waals surface area contributed by atoms with Gasteiger partial charge >= 0.3 is 5.97 Å². The van der Waals surface area contributed by atoms with Crippen LogP contribution in [0.25, 0.3) is 0 Å². The third-order valence-corrected chi connectivity index (χ3v) is 4.83.